The van der Waals surface area contributed by atoms with Gasteiger partial charge >= 0.3 is 0 Å². The van der Waals surface area contributed by atoms with E-state index in [1.165, 1.54) is 11.3 Å². The topological polar surface area (TPSA) is 51.7 Å². The van der Waals surface area contributed by atoms with Crippen LogP contribution in [0.2, 0.25) is 5.02 Å². The Morgan fingerprint density at radius 1 is 1.20 bits per heavy atom. The van der Waals surface area contributed by atoms with Crippen LogP contribution in [-0.2, 0) is 9.47 Å². The summed E-state index contributed by atoms with van der Waals surface area (Å²) in [6.07, 6.45) is 2.69. The summed E-state index contributed by atoms with van der Waals surface area (Å²) in [6.45, 7) is 1.92. The number of aromatic nitrogens is 1. The Hall–Kier alpha value is -1.47. The quantitative estimate of drug-likeness (QED) is 0.814. The summed E-state index contributed by atoms with van der Waals surface area (Å²) in [5, 5.41) is 3.33. The van der Waals surface area contributed by atoms with E-state index in [0.717, 1.165) is 36.4 Å². The van der Waals surface area contributed by atoms with Crippen molar-refractivity contribution in [2.45, 2.75) is 31.6 Å². The van der Waals surface area contributed by atoms with Crippen molar-refractivity contribution < 1.29 is 14.3 Å². The molecule has 5 nitrogen and oxygen atoms in total. The molecule has 1 atom stereocenters. The molecule has 7 heteroatoms. The molecule has 1 unspecified atom stereocenters. The highest BCUT2D eigenvalue weighted by atomic mass is 35.5. The van der Waals surface area contributed by atoms with Gasteiger partial charge in [-0.2, -0.15) is 0 Å². The predicted molar refractivity (Wildman–Crippen MR) is 96.9 cm³/mol. The van der Waals surface area contributed by atoms with Crippen molar-refractivity contribution in [3.8, 4) is 10.6 Å². The molecule has 132 valence electrons. The molecule has 2 aliphatic heterocycles. The van der Waals surface area contributed by atoms with Gasteiger partial charge in [0.1, 0.15) is 10.7 Å². The molecule has 0 N–H and O–H groups in total. The predicted octanol–water partition coefficient (Wildman–Crippen LogP) is 3.83. The molecule has 2 saturated heterocycles. The van der Waals surface area contributed by atoms with Crippen molar-refractivity contribution in [3.63, 3.8) is 0 Å². The number of nitrogens with zero attached hydrogens (tertiary/aromatic N) is 2. The lowest BCUT2D eigenvalue weighted by Crippen LogP contribution is -2.50. The molecular formula is C18H19ClN2O3S. The van der Waals surface area contributed by atoms with Crippen molar-refractivity contribution in [2.24, 2.45) is 0 Å². The lowest BCUT2D eigenvalue weighted by Gasteiger charge is -2.37. The van der Waals surface area contributed by atoms with Crippen molar-refractivity contribution in [3.05, 3.63) is 40.4 Å². The summed E-state index contributed by atoms with van der Waals surface area (Å²) >= 11 is 7.40. The number of benzene rings is 1. The van der Waals surface area contributed by atoms with E-state index in [0.29, 0.717) is 23.9 Å². The molecule has 1 aromatic carbocycles. The maximum absolute atomic E-state index is 13.0. The number of likely N-dealkylation sites (tertiary alicyclic amines) is 1. The zero-order valence-electron chi connectivity index (χ0n) is 13.7. The molecule has 0 aliphatic carbocycles. The molecule has 25 heavy (non-hydrogen) atoms. The monoisotopic (exact) mass is 378 g/mol. The average Bonchev–Trinajstić information content (AvgIpc) is 3.34. The molecule has 1 aromatic heterocycles. The lowest BCUT2D eigenvalue weighted by atomic mass is 10.0. The van der Waals surface area contributed by atoms with E-state index in [1.807, 2.05) is 34.5 Å². The number of hydrogen-bond acceptors (Lipinski definition) is 5. The first-order valence-electron chi connectivity index (χ1n) is 8.48. The third kappa shape index (κ3) is 3.58. The molecule has 0 radical (unpaired) electrons. The van der Waals surface area contributed by atoms with Gasteiger partial charge in [0, 0.05) is 22.5 Å². The molecule has 2 aliphatic rings. The van der Waals surface area contributed by atoms with Gasteiger partial charge < -0.3 is 14.4 Å². The zero-order valence-corrected chi connectivity index (χ0v) is 15.3. The van der Waals surface area contributed by atoms with Crippen LogP contribution in [0.5, 0.6) is 0 Å². The summed E-state index contributed by atoms with van der Waals surface area (Å²) in [6, 6.07) is 7.47. The molecular weight excluding hydrogens is 360 g/mol. The average molecular weight is 379 g/mol. The summed E-state index contributed by atoms with van der Waals surface area (Å²) in [4.78, 5) is 19.4. The first kappa shape index (κ1) is 17.0. The zero-order chi connectivity index (χ0) is 17.2. The SMILES string of the molecule is O=C(c1csc(-c2ccc(Cl)cc2)n1)N1CCCCC1C1OCCO1. The van der Waals surface area contributed by atoms with Crippen molar-refractivity contribution >= 4 is 28.8 Å². The number of carbonyl (C=O) groups is 1. The van der Waals surface area contributed by atoms with E-state index in [2.05, 4.69) is 4.98 Å². The summed E-state index contributed by atoms with van der Waals surface area (Å²) in [7, 11) is 0. The molecule has 0 spiro atoms. The highest BCUT2D eigenvalue weighted by Gasteiger charge is 2.37. The maximum Gasteiger partial charge on any atom is 0.273 e. The van der Waals surface area contributed by atoms with Gasteiger partial charge in [0.05, 0.1) is 19.3 Å². The Balaban J connectivity index is 1.54. The molecule has 0 bridgehead atoms. The Labute approximate surface area is 155 Å². The number of ether oxygens (including phenoxy) is 2. The van der Waals surface area contributed by atoms with Crippen LogP contribution in [0.25, 0.3) is 10.6 Å². The molecule has 4 rings (SSSR count). The minimum Gasteiger partial charge on any atom is -0.348 e. The molecule has 1 amide bonds. The minimum absolute atomic E-state index is 0.0237. The second-order valence-electron chi connectivity index (χ2n) is 6.22. The Morgan fingerprint density at radius 3 is 2.72 bits per heavy atom. The van der Waals surface area contributed by atoms with Gasteiger partial charge in [0.25, 0.3) is 5.91 Å². The Kier molecular flexibility index (Phi) is 5.03. The minimum atomic E-state index is -0.307. The summed E-state index contributed by atoms with van der Waals surface area (Å²) in [5.41, 5.74) is 1.45. The fourth-order valence-electron chi connectivity index (χ4n) is 3.34. The highest BCUT2D eigenvalue weighted by Crippen LogP contribution is 2.29. The van der Waals surface area contributed by atoms with Gasteiger partial charge in [0.2, 0.25) is 0 Å². The fraction of sp³-hybridized carbons (Fsp3) is 0.444. The largest absolute Gasteiger partial charge is 0.348 e. The summed E-state index contributed by atoms with van der Waals surface area (Å²) < 4.78 is 11.3. The lowest BCUT2D eigenvalue weighted by molar-refractivity contribution is -0.100. The van der Waals surface area contributed by atoms with E-state index in [4.69, 9.17) is 21.1 Å². The molecule has 3 heterocycles. The van der Waals surface area contributed by atoms with E-state index >= 15 is 0 Å². The van der Waals surface area contributed by atoms with E-state index in [9.17, 15) is 4.79 Å². The Morgan fingerprint density at radius 2 is 1.96 bits per heavy atom. The Bertz CT molecular complexity index is 743. The highest BCUT2D eigenvalue weighted by molar-refractivity contribution is 7.13. The van der Waals surface area contributed by atoms with E-state index < -0.39 is 0 Å². The third-order valence-corrected chi connectivity index (χ3v) is 5.73. The smallest absolute Gasteiger partial charge is 0.273 e. The third-order valence-electron chi connectivity index (χ3n) is 4.59. The summed E-state index contributed by atoms with van der Waals surface area (Å²) in [5.74, 6) is -0.0414. The van der Waals surface area contributed by atoms with Crippen LogP contribution in [0.15, 0.2) is 29.6 Å². The number of hydrogen-bond donors (Lipinski definition) is 0. The van der Waals surface area contributed by atoms with Crippen LogP contribution in [0, 0.1) is 0 Å². The second-order valence-corrected chi connectivity index (χ2v) is 7.51. The maximum atomic E-state index is 13.0. The molecule has 2 aromatic rings. The number of piperidine rings is 1. The van der Waals surface area contributed by atoms with E-state index in [1.54, 1.807) is 0 Å². The van der Waals surface area contributed by atoms with Crippen LogP contribution in [-0.4, -0.2) is 47.9 Å². The first-order valence-corrected chi connectivity index (χ1v) is 9.74. The van der Waals surface area contributed by atoms with E-state index in [-0.39, 0.29) is 18.2 Å². The van der Waals surface area contributed by atoms with Gasteiger partial charge in [-0.25, -0.2) is 4.98 Å². The second kappa shape index (κ2) is 7.41. The number of thiazole rings is 1. The van der Waals surface area contributed by atoms with Crippen LogP contribution in [0.3, 0.4) is 0 Å². The number of carbonyl (C=O) groups excluding carboxylic acids is 1. The van der Waals surface area contributed by atoms with Crippen LogP contribution < -0.4 is 0 Å². The van der Waals surface area contributed by atoms with Crippen LogP contribution in [0.1, 0.15) is 29.8 Å². The number of amides is 1. The van der Waals surface area contributed by atoms with Gasteiger partial charge in [-0.15, -0.1) is 11.3 Å². The first-order chi connectivity index (χ1) is 12.2. The van der Waals surface area contributed by atoms with Crippen molar-refractivity contribution in [1.82, 2.24) is 9.88 Å². The number of rotatable bonds is 3. The van der Waals surface area contributed by atoms with Crippen molar-refractivity contribution in [2.75, 3.05) is 19.8 Å². The van der Waals surface area contributed by atoms with Crippen LogP contribution >= 0.6 is 22.9 Å². The van der Waals surface area contributed by atoms with Gasteiger partial charge in [-0.1, -0.05) is 23.7 Å². The fourth-order valence-corrected chi connectivity index (χ4v) is 4.26. The normalized spacial score (nSPS) is 21.6. The van der Waals surface area contributed by atoms with Gasteiger partial charge in [-0.3, -0.25) is 4.79 Å². The molecule has 0 saturated carbocycles. The standard InChI is InChI=1S/C18H19ClN2O3S/c19-13-6-4-12(5-7-13)16-20-14(11-25-16)17(22)21-8-2-1-3-15(21)18-23-9-10-24-18/h4-7,11,15,18H,1-3,8-10H2. The number of halogens is 1. The van der Waals surface area contributed by atoms with Crippen LogP contribution in [0.4, 0.5) is 0 Å². The molecule has 2 fully saturated rings. The van der Waals surface area contributed by atoms with Gasteiger partial charge in [0.15, 0.2) is 6.29 Å². The van der Waals surface area contributed by atoms with Crippen molar-refractivity contribution in [1.29, 1.82) is 0 Å². The van der Waals surface area contributed by atoms with Gasteiger partial charge in [-0.05, 0) is 31.4 Å².